The zero-order chi connectivity index (χ0) is 14.8. The number of carbonyl (C=O) groups is 1. The monoisotopic (exact) mass is 302 g/mol. The lowest BCUT2D eigenvalue weighted by Crippen LogP contribution is -2.40. The van der Waals surface area contributed by atoms with Crippen LogP contribution in [-0.2, 0) is 11.3 Å². The summed E-state index contributed by atoms with van der Waals surface area (Å²) in [6.45, 7) is 2.95. The Morgan fingerprint density at radius 2 is 2.19 bits per heavy atom. The van der Waals surface area contributed by atoms with Crippen molar-refractivity contribution in [3.05, 3.63) is 35.2 Å². The van der Waals surface area contributed by atoms with Crippen LogP contribution in [0.3, 0.4) is 0 Å². The number of hydrogen-bond acceptors (Lipinski definition) is 3. The van der Waals surface area contributed by atoms with E-state index in [4.69, 9.17) is 0 Å². The maximum Gasteiger partial charge on any atom is 0.222 e. The number of piperidine rings is 1. The number of amides is 1. The molecule has 1 saturated heterocycles. The molecule has 1 aromatic heterocycles. The zero-order valence-electron chi connectivity index (χ0n) is 12.7. The number of carbonyl (C=O) groups excluding carboxylic acids is 1. The number of fused-ring (bicyclic) bond motifs is 1. The summed E-state index contributed by atoms with van der Waals surface area (Å²) in [5.74, 6) is 0.894. The minimum atomic E-state index is 0.290. The summed E-state index contributed by atoms with van der Waals surface area (Å²) >= 11 is 1.88. The van der Waals surface area contributed by atoms with E-state index in [0.717, 1.165) is 26.1 Å². The van der Waals surface area contributed by atoms with E-state index in [2.05, 4.69) is 42.3 Å². The maximum atomic E-state index is 11.5. The number of thiophene rings is 1. The van der Waals surface area contributed by atoms with Crippen molar-refractivity contribution >= 4 is 27.3 Å². The number of benzene rings is 1. The van der Waals surface area contributed by atoms with Crippen LogP contribution in [0.15, 0.2) is 30.3 Å². The second-order valence-electron chi connectivity index (χ2n) is 6.13. The van der Waals surface area contributed by atoms with Crippen molar-refractivity contribution in [2.45, 2.75) is 19.4 Å². The minimum absolute atomic E-state index is 0.290. The van der Waals surface area contributed by atoms with Crippen LogP contribution in [0.2, 0.25) is 0 Å². The summed E-state index contributed by atoms with van der Waals surface area (Å²) in [7, 11) is 4.10. The van der Waals surface area contributed by atoms with E-state index in [9.17, 15) is 4.79 Å². The normalized spacial score (nSPS) is 19.7. The molecule has 112 valence electrons. The first-order valence-electron chi connectivity index (χ1n) is 7.52. The fourth-order valence-electron chi connectivity index (χ4n) is 3.13. The van der Waals surface area contributed by atoms with Crippen LogP contribution >= 0.6 is 11.3 Å². The number of rotatable bonds is 4. The lowest BCUT2D eigenvalue weighted by atomic mass is 9.97. The van der Waals surface area contributed by atoms with Gasteiger partial charge < -0.3 is 9.80 Å². The second kappa shape index (κ2) is 6.16. The summed E-state index contributed by atoms with van der Waals surface area (Å²) in [6, 6.07) is 10.9. The van der Waals surface area contributed by atoms with Crippen LogP contribution in [0.5, 0.6) is 0 Å². The lowest BCUT2D eigenvalue weighted by molar-refractivity contribution is -0.133. The van der Waals surface area contributed by atoms with E-state index in [1.165, 1.54) is 15.0 Å². The van der Waals surface area contributed by atoms with Gasteiger partial charge in [0.25, 0.3) is 0 Å². The Balaban J connectivity index is 1.58. The predicted molar refractivity (Wildman–Crippen MR) is 88.5 cm³/mol. The van der Waals surface area contributed by atoms with Gasteiger partial charge >= 0.3 is 0 Å². The molecule has 3 nitrogen and oxygen atoms in total. The van der Waals surface area contributed by atoms with Crippen LogP contribution in [0, 0.1) is 5.92 Å². The molecule has 1 aromatic carbocycles. The highest BCUT2D eigenvalue weighted by Gasteiger charge is 2.23. The fraction of sp³-hybridized carbons (Fsp3) is 0.471. The third-order valence-electron chi connectivity index (χ3n) is 4.20. The van der Waals surface area contributed by atoms with Gasteiger partial charge in [-0.2, -0.15) is 0 Å². The van der Waals surface area contributed by atoms with Crippen molar-refractivity contribution in [1.82, 2.24) is 9.80 Å². The molecule has 3 rings (SSSR count). The molecule has 0 saturated carbocycles. The highest BCUT2D eigenvalue weighted by atomic mass is 32.1. The summed E-state index contributed by atoms with van der Waals surface area (Å²) in [4.78, 5) is 17.2. The Morgan fingerprint density at radius 3 is 2.95 bits per heavy atom. The quantitative estimate of drug-likeness (QED) is 0.866. The molecule has 2 heterocycles. The molecular formula is C17H22N2OS. The Bertz CT molecular complexity index is 604. The Kier molecular flexibility index (Phi) is 4.27. The topological polar surface area (TPSA) is 23.6 Å². The third kappa shape index (κ3) is 3.44. The molecule has 2 aromatic rings. The molecule has 1 amide bonds. The zero-order valence-corrected chi connectivity index (χ0v) is 13.5. The van der Waals surface area contributed by atoms with E-state index in [0.29, 0.717) is 18.2 Å². The van der Waals surface area contributed by atoms with Gasteiger partial charge in [-0.15, -0.1) is 11.3 Å². The minimum Gasteiger partial charge on any atom is -0.345 e. The molecule has 1 aliphatic rings. The maximum absolute atomic E-state index is 11.5. The average molecular weight is 302 g/mol. The Hall–Kier alpha value is -1.39. The van der Waals surface area contributed by atoms with Gasteiger partial charge in [-0.05, 0) is 36.9 Å². The van der Waals surface area contributed by atoms with Crippen LogP contribution in [-0.4, -0.2) is 42.9 Å². The van der Waals surface area contributed by atoms with E-state index < -0.39 is 0 Å². The lowest BCUT2D eigenvalue weighted by Gasteiger charge is -2.32. The van der Waals surface area contributed by atoms with Crippen molar-refractivity contribution in [2.24, 2.45) is 5.92 Å². The van der Waals surface area contributed by atoms with Gasteiger partial charge in [0.05, 0.1) is 0 Å². The largest absolute Gasteiger partial charge is 0.345 e. The molecule has 1 unspecified atom stereocenters. The molecule has 0 bridgehead atoms. The summed E-state index contributed by atoms with van der Waals surface area (Å²) in [5, 5.41) is 1.34. The fourth-order valence-corrected chi connectivity index (χ4v) is 4.28. The van der Waals surface area contributed by atoms with Crippen molar-refractivity contribution in [3.8, 4) is 0 Å². The van der Waals surface area contributed by atoms with E-state index in [-0.39, 0.29) is 0 Å². The Morgan fingerprint density at radius 1 is 1.38 bits per heavy atom. The van der Waals surface area contributed by atoms with Crippen molar-refractivity contribution in [3.63, 3.8) is 0 Å². The van der Waals surface area contributed by atoms with E-state index in [1.54, 1.807) is 0 Å². The molecule has 1 atom stereocenters. The van der Waals surface area contributed by atoms with Crippen molar-refractivity contribution in [1.29, 1.82) is 0 Å². The molecule has 0 N–H and O–H groups in total. The van der Waals surface area contributed by atoms with Crippen molar-refractivity contribution < 1.29 is 4.79 Å². The summed E-state index contributed by atoms with van der Waals surface area (Å²) in [5.41, 5.74) is 0. The summed E-state index contributed by atoms with van der Waals surface area (Å²) < 4.78 is 1.36. The van der Waals surface area contributed by atoms with Gasteiger partial charge in [-0.1, -0.05) is 18.2 Å². The SMILES string of the molecule is CN(Cc1cc2ccccc2s1)CC1CCC(=O)N(C)C1. The molecular weight excluding hydrogens is 280 g/mol. The van der Waals surface area contributed by atoms with Crippen LogP contribution in [0.1, 0.15) is 17.7 Å². The average Bonchev–Trinajstić information content (AvgIpc) is 2.84. The van der Waals surface area contributed by atoms with Gasteiger partial charge in [0, 0.05) is 42.7 Å². The summed E-state index contributed by atoms with van der Waals surface area (Å²) in [6.07, 6.45) is 1.73. The smallest absolute Gasteiger partial charge is 0.222 e. The molecule has 1 aliphatic heterocycles. The van der Waals surface area contributed by atoms with Crippen LogP contribution in [0.25, 0.3) is 10.1 Å². The molecule has 0 spiro atoms. The third-order valence-corrected chi connectivity index (χ3v) is 5.30. The van der Waals surface area contributed by atoms with E-state index >= 15 is 0 Å². The standard InChI is InChI=1S/C17H22N2OS/c1-18(10-13-7-8-17(20)19(2)11-13)12-15-9-14-5-3-4-6-16(14)21-15/h3-6,9,13H,7-8,10-12H2,1-2H3. The number of hydrogen-bond donors (Lipinski definition) is 0. The second-order valence-corrected chi connectivity index (χ2v) is 7.29. The number of likely N-dealkylation sites (tertiary alicyclic amines) is 1. The molecule has 0 radical (unpaired) electrons. The molecule has 0 aliphatic carbocycles. The van der Waals surface area contributed by atoms with Gasteiger partial charge in [0.1, 0.15) is 0 Å². The van der Waals surface area contributed by atoms with Crippen molar-refractivity contribution in [2.75, 3.05) is 27.2 Å². The first-order chi connectivity index (χ1) is 10.1. The predicted octanol–water partition coefficient (Wildman–Crippen LogP) is 3.20. The molecule has 21 heavy (non-hydrogen) atoms. The van der Waals surface area contributed by atoms with Gasteiger partial charge in [-0.3, -0.25) is 4.79 Å². The highest BCUT2D eigenvalue weighted by molar-refractivity contribution is 7.19. The van der Waals surface area contributed by atoms with Crippen LogP contribution in [0.4, 0.5) is 0 Å². The first-order valence-corrected chi connectivity index (χ1v) is 8.33. The van der Waals surface area contributed by atoms with E-state index in [1.807, 2.05) is 23.3 Å². The van der Waals surface area contributed by atoms with Crippen LogP contribution < -0.4 is 0 Å². The first kappa shape index (κ1) is 14.5. The molecule has 1 fully saturated rings. The number of nitrogens with zero attached hydrogens (tertiary/aromatic N) is 2. The molecule has 4 heteroatoms. The Labute approximate surface area is 130 Å². The van der Waals surface area contributed by atoms with Gasteiger partial charge in [0.2, 0.25) is 5.91 Å². The van der Waals surface area contributed by atoms with Gasteiger partial charge in [-0.25, -0.2) is 0 Å². The van der Waals surface area contributed by atoms with Gasteiger partial charge in [0.15, 0.2) is 0 Å². The highest BCUT2D eigenvalue weighted by Crippen LogP contribution is 2.26.